The topological polar surface area (TPSA) is 80.8 Å². The summed E-state index contributed by atoms with van der Waals surface area (Å²) in [5.41, 5.74) is 0. The van der Waals surface area contributed by atoms with E-state index >= 15 is 0 Å². The van der Waals surface area contributed by atoms with Gasteiger partial charge < -0.3 is 4.74 Å². The summed E-state index contributed by atoms with van der Waals surface area (Å²) >= 11 is 0. The van der Waals surface area contributed by atoms with Gasteiger partial charge in [-0.25, -0.2) is 16.8 Å². The molecule has 2 aliphatic rings. The van der Waals surface area contributed by atoms with Crippen molar-refractivity contribution in [2.45, 2.75) is 36.3 Å². The standard InChI is InChI=1S/C15H21NO5S2/c17-22(18)10-8-13(12-22)16(11-14-5-4-9-21-14)23(19,20)15-6-2-1-3-7-15/h1-3,6-7,13-14H,4-5,8-12H2/t13-,14+/m0/s1. The van der Waals surface area contributed by atoms with Crippen LogP contribution in [0.1, 0.15) is 19.3 Å². The van der Waals surface area contributed by atoms with E-state index in [2.05, 4.69) is 0 Å². The van der Waals surface area contributed by atoms with Crippen LogP contribution >= 0.6 is 0 Å². The van der Waals surface area contributed by atoms with E-state index < -0.39 is 25.9 Å². The minimum atomic E-state index is -3.73. The third-order valence-electron chi connectivity index (χ3n) is 4.37. The molecule has 8 heteroatoms. The number of sulfonamides is 1. The second kappa shape index (κ2) is 6.51. The number of rotatable bonds is 5. The summed E-state index contributed by atoms with van der Waals surface area (Å²) in [5.74, 6) is -0.0597. The van der Waals surface area contributed by atoms with Crippen LogP contribution in [-0.4, -0.2) is 57.9 Å². The average Bonchev–Trinajstić information content (AvgIpc) is 3.14. The van der Waals surface area contributed by atoms with E-state index in [1.165, 1.54) is 4.31 Å². The zero-order chi connectivity index (χ0) is 16.5. The highest BCUT2D eigenvalue weighted by molar-refractivity contribution is 7.92. The van der Waals surface area contributed by atoms with Gasteiger partial charge in [0.25, 0.3) is 0 Å². The number of nitrogens with zero attached hydrogens (tertiary/aromatic N) is 1. The van der Waals surface area contributed by atoms with Crippen molar-refractivity contribution in [2.24, 2.45) is 0 Å². The van der Waals surface area contributed by atoms with Crippen molar-refractivity contribution in [3.05, 3.63) is 30.3 Å². The first-order chi connectivity index (χ1) is 10.9. The fourth-order valence-electron chi connectivity index (χ4n) is 3.16. The molecular weight excluding hydrogens is 338 g/mol. The van der Waals surface area contributed by atoms with E-state index in [1.807, 2.05) is 0 Å². The predicted molar refractivity (Wildman–Crippen MR) is 86.4 cm³/mol. The highest BCUT2D eigenvalue weighted by atomic mass is 32.2. The smallest absolute Gasteiger partial charge is 0.243 e. The van der Waals surface area contributed by atoms with Gasteiger partial charge in [-0.2, -0.15) is 4.31 Å². The van der Waals surface area contributed by atoms with Crippen LogP contribution in [-0.2, 0) is 24.6 Å². The minimum Gasteiger partial charge on any atom is -0.377 e. The molecule has 2 atom stereocenters. The Kier molecular flexibility index (Phi) is 4.78. The van der Waals surface area contributed by atoms with Crippen molar-refractivity contribution in [1.82, 2.24) is 4.31 Å². The quantitative estimate of drug-likeness (QED) is 0.785. The van der Waals surface area contributed by atoms with Crippen molar-refractivity contribution in [2.75, 3.05) is 24.7 Å². The second-order valence-corrected chi connectivity index (χ2v) is 10.2. The molecule has 3 rings (SSSR count). The fourth-order valence-corrected chi connectivity index (χ4v) is 6.69. The van der Waals surface area contributed by atoms with Crippen molar-refractivity contribution in [3.8, 4) is 0 Å². The first-order valence-corrected chi connectivity index (χ1v) is 11.0. The molecule has 1 aromatic carbocycles. The number of ether oxygens (including phenoxy) is 1. The van der Waals surface area contributed by atoms with Gasteiger partial charge in [-0.3, -0.25) is 0 Å². The van der Waals surface area contributed by atoms with E-state index in [0.717, 1.165) is 12.8 Å². The lowest BCUT2D eigenvalue weighted by Crippen LogP contribution is -2.45. The molecule has 0 aromatic heterocycles. The van der Waals surface area contributed by atoms with Crippen LogP contribution in [0.4, 0.5) is 0 Å². The summed E-state index contributed by atoms with van der Waals surface area (Å²) in [4.78, 5) is 0.197. The summed E-state index contributed by atoms with van der Waals surface area (Å²) in [6.45, 7) is 0.851. The van der Waals surface area contributed by atoms with E-state index in [1.54, 1.807) is 30.3 Å². The van der Waals surface area contributed by atoms with Gasteiger partial charge in [-0.1, -0.05) is 18.2 Å². The van der Waals surface area contributed by atoms with Crippen LogP contribution in [0.2, 0.25) is 0 Å². The Morgan fingerprint density at radius 1 is 1.17 bits per heavy atom. The summed E-state index contributed by atoms with van der Waals surface area (Å²) in [5, 5.41) is 0. The molecule has 2 fully saturated rings. The largest absolute Gasteiger partial charge is 0.377 e. The molecule has 0 spiro atoms. The Labute approximate surface area is 137 Å². The Bertz CT molecular complexity index is 739. The second-order valence-electron chi connectivity index (χ2n) is 6.08. The van der Waals surface area contributed by atoms with Gasteiger partial charge in [0, 0.05) is 19.2 Å². The van der Waals surface area contributed by atoms with Gasteiger partial charge in [-0.05, 0) is 31.4 Å². The summed E-state index contributed by atoms with van der Waals surface area (Å²) in [7, 11) is -6.90. The van der Waals surface area contributed by atoms with Gasteiger partial charge in [0.05, 0.1) is 22.5 Å². The Balaban J connectivity index is 1.91. The monoisotopic (exact) mass is 359 g/mol. The fraction of sp³-hybridized carbons (Fsp3) is 0.600. The first kappa shape index (κ1) is 16.9. The van der Waals surface area contributed by atoms with Gasteiger partial charge in [-0.15, -0.1) is 0 Å². The molecule has 0 amide bonds. The normalized spacial score (nSPS) is 27.5. The lowest BCUT2D eigenvalue weighted by atomic mass is 10.2. The summed E-state index contributed by atoms with van der Waals surface area (Å²) in [6.07, 6.45) is 1.91. The van der Waals surface area contributed by atoms with E-state index in [-0.39, 0.29) is 29.0 Å². The van der Waals surface area contributed by atoms with Crippen molar-refractivity contribution in [1.29, 1.82) is 0 Å². The van der Waals surface area contributed by atoms with E-state index in [9.17, 15) is 16.8 Å². The molecule has 0 unspecified atom stereocenters. The van der Waals surface area contributed by atoms with Crippen LogP contribution < -0.4 is 0 Å². The summed E-state index contributed by atoms with van der Waals surface area (Å²) in [6, 6.07) is 7.67. The third-order valence-corrected chi connectivity index (χ3v) is 8.06. The molecular formula is C15H21NO5S2. The molecule has 128 valence electrons. The number of hydrogen-bond donors (Lipinski definition) is 0. The molecule has 0 aliphatic carbocycles. The van der Waals surface area contributed by atoms with Crippen molar-refractivity contribution < 1.29 is 21.6 Å². The molecule has 1 aromatic rings. The van der Waals surface area contributed by atoms with E-state index in [4.69, 9.17) is 4.74 Å². The summed E-state index contributed by atoms with van der Waals surface area (Å²) < 4.78 is 56.5. The lowest BCUT2D eigenvalue weighted by molar-refractivity contribution is 0.0877. The van der Waals surface area contributed by atoms with Crippen LogP contribution in [0.3, 0.4) is 0 Å². The zero-order valence-electron chi connectivity index (χ0n) is 12.8. The molecule has 2 saturated heterocycles. The number of hydrogen-bond acceptors (Lipinski definition) is 5. The van der Waals surface area contributed by atoms with Crippen LogP contribution in [0.15, 0.2) is 35.2 Å². The van der Waals surface area contributed by atoms with Gasteiger partial charge >= 0.3 is 0 Å². The molecule has 0 saturated carbocycles. The van der Waals surface area contributed by atoms with Crippen molar-refractivity contribution in [3.63, 3.8) is 0 Å². The molecule has 6 nitrogen and oxygen atoms in total. The van der Waals surface area contributed by atoms with Crippen LogP contribution in [0.25, 0.3) is 0 Å². The molecule has 0 N–H and O–H groups in total. The SMILES string of the molecule is O=S1(=O)CC[C@H](N(C[C@H]2CCCO2)S(=O)(=O)c2ccccc2)C1. The lowest BCUT2D eigenvalue weighted by Gasteiger charge is -2.29. The average molecular weight is 359 g/mol. The number of benzene rings is 1. The highest BCUT2D eigenvalue weighted by Gasteiger charge is 2.40. The number of sulfone groups is 1. The maximum absolute atomic E-state index is 13.0. The Morgan fingerprint density at radius 3 is 2.48 bits per heavy atom. The predicted octanol–water partition coefficient (Wildman–Crippen LogP) is 1.04. The van der Waals surface area contributed by atoms with Crippen LogP contribution in [0.5, 0.6) is 0 Å². The zero-order valence-corrected chi connectivity index (χ0v) is 14.4. The highest BCUT2D eigenvalue weighted by Crippen LogP contribution is 2.27. The molecule has 2 aliphatic heterocycles. The maximum atomic E-state index is 13.0. The molecule has 0 bridgehead atoms. The van der Waals surface area contributed by atoms with E-state index in [0.29, 0.717) is 13.0 Å². The molecule has 0 radical (unpaired) electrons. The van der Waals surface area contributed by atoms with Crippen molar-refractivity contribution >= 4 is 19.9 Å². The van der Waals surface area contributed by atoms with Gasteiger partial charge in [0.15, 0.2) is 9.84 Å². The maximum Gasteiger partial charge on any atom is 0.243 e. The molecule has 2 heterocycles. The van der Waals surface area contributed by atoms with Crippen LogP contribution in [0, 0.1) is 0 Å². The van der Waals surface area contributed by atoms with Gasteiger partial charge in [0.2, 0.25) is 10.0 Å². The Morgan fingerprint density at radius 2 is 1.91 bits per heavy atom. The first-order valence-electron chi connectivity index (χ1n) is 7.77. The molecule has 23 heavy (non-hydrogen) atoms. The van der Waals surface area contributed by atoms with Gasteiger partial charge in [0.1, 0.15) is 0 Å². The Hall–Kier alpha value is -0.960. The third kappa shape index (κ3) is 3.76. The minimum absolute atomic E-state index is 0.0456.